The molecule has 0 aliphatic heterocycles. The Morgan fingerprint density at radius 2 is 1.95 bits per heavy atom. The zero-order valence-electron chi connectivity index (χ0n) is 11.1. The highest BCUT2D eigenvalue weighted by Crippen LogP contribution is 2.30. The number of benzene rings is 1. The van der Waals surface area contributed by atoms with Crippen molar-refractivity contribution in [2.45, 2.75) is 33.1 Å². The van der Waals surface area contributed by atoms with Gasteiger partial charge < -0.3 is 4.74 Å². The third-order valence-electron chi connectivity index (χ3n) is 2.68. The summed E-state index contributed by atoms with van der Waals surface area (Å²) in [5.74, 6) is -0.509. The Bertz CT molecular complexity index is 439. The second-order valence-electron chi connectivity index (χ2n) is 4.56. The summed E-state index contributed by atoms with van der Waals surface area (Å²) >= 11 is 0. The first-order chi connectivity index (χ1) is 8.77. The third kappa shape index (κ3) is 4.06. The molecule has 5 heteroatoms. The number of hydrogen-bond donors (Lipinski definition) is 0. The lowest BCUT2D eigenvalue weighted by molar-refractivity contribution is -0.137. The molecule has 0 saturated heterocycles. The van der Waals surface area contributed by atoms with E-state index in [2.05, 4.69) is 0 Å². The highest BCUT2D eigenvalue weighted by Gasteiger charge is 2.32. The maximum absolute atomic E-state index is 12.6. The van der Waals surface area contributed by atoms with Crippen LogP contribution in [0.5, 0.6) is 0 Å². The van der Waals surface area contributed by atoms with Crippen molar-refractivity contribution in [2.24, 2.45) is 5.92 Å². The highest BCUT2D eigenvalue weighted by atomic mass is 19.4. The van der Waals surface area contributed by atoms with Gasteiger partial charge in [0.15, 0.2) is 5.78 Å². The molecule has 0 saturated carbocycles. The van der Waals surface area contributed by atoms with Gasteiger partial charge in [0.2, 0.25) is 0 Å². The number of hydrogen-bond acceptors (Lipinski definition) is 2. The van der Waals surface area contributed by atoms with Crippen molar-refractivity contribution in [3.8, 4) is 0 Å². The normalized spacial score (nSPS) is 13.6. The zero-order chi connectivity index (χ0) is 14.6. The number of halogens is 3. The van der Waals surface area contributed by atoms with Crippen molar-refractivity contribution in [3.63, 3.8) is 0 Å². The van der Waals surface area contributed by atoms with Gasteiger partial charge in [-0.05, 0) is 25.0 Å². The maximum Gasteiger partial charge on any atom is 0.416 e. The van der Waals surface area contributed by atoms with Crippen molar-refractivity contribution in [3.05, 3.63) is 35.4 Å². The highest BCUT2D eigenvalue weighted by molar-refractivity contribution is 5.99. The summed E-state index contributed by atoms with van der Waals surface area (Å²) in [6.07, 6.45) is -5.16. The fourth-order valence-electron chi connectivity index (χ4n) is 1.76. The van der Waals surface area contributed by atoms with E-state index in [0.29, 0.717) is 6.61 Å². The van der Waals surface area contributed by atoms with Gasteiger partial charge in [0.1, 0.15) is 6.10 Å². The molecule has 1 rings (SSSR count). The van der Waals surface area contributed by atoms with Crippen LogP contribution in [-0.4, -0.2) is 18.5 Å². The summed E-state index contributed by atoms with van der Waals surface area (Å²) < 4.78 is 43.1. The molecule has 1 atom stereocenters. The molecule has 0 spiro atoms. The smallest absolute Gasteiger partial charge is 0.370 e. The van der Waals surface area contributed by atoms with Crippen molar-refractivity contribution < 1.29 is 22.7 Å². The minimum Gasteiger partial charge on any atom is -0.370 e. The van der Waals surface area contributed by atoms with Gasteiger partial charge in [-0.25, -0.2) is 0 Å². The second kappa shape index (κ2) is 6.19. The zero-order valence-corrected chi connectivity index (χ0v) is 11.1. The molecule has 0 amide bonds. The molecule has 1 aromatic carbocycles. The van der Waals surface area contributed by atoms with Gasteiger partial charge in [0.05, 0.1) is 5.56 Å². The predicted octanol–water partition coefficient (Wildman–Crippen LogP) is 3.95. The average Bonchev–Trinajstić information content (AvgIpc) is 2.34. The first kappa shape index (κ1) is 15.7. The van der Waals surface area contributed by atoms with E-state index >= 15 is 0 Å². The summed E-state index contributed by atoms with van der Waals surface area (Å²) in [5.41, 5.74) is -0.792. The standard InChI is InChI=1S/C14H17F3O2/c1-4-19-13(9(2)3)12(18)10-6-5-7-11(8-10)14(15,16)17/h5-9,13H,4H2,1-3H3. The molecule has 0 aromatic heterocycles. The molecule has 19 heavy (non-hydrogen) atoms. The summed E-state index contributed by atoms with van der Waals surface area (Å²) in [6, 6.07) is 4.43. The number of carbonyl (C=O) groups excluding carboxylic acids is 1. The van der Waals surface area contributed by atoms with Gasteiger partial charge in [0, 0.05) is 12.2 Å². The Morgan fingerprint density at radius 3 is 2.42 bits per heavy atom. The molecule has 0 radical (unpaired) electrons. The van der Waals surface area contributed by atoms with Crippen molar-refractivity contribution in [1.82, 2.24) is 0 Å². The summed E-state index contributed by atoms with van der Waals surface area (Å²) in [7, 11) is 0. The van der Waals surface area contributed by atoms with Gasteiger partial charge >= 0.3 is 6.18 Å². The number of Topliss-reactive ketones (excluding diaryl/α,β-unsaturated/α-hetero) is 1. The van der Waals surface area contributed by atoms with E-state index in [0.717, 1.165) is 12.1 Å². The van der Waals surface area contributed by atoms with E-state index in [1.54, 1.807) is 20.8 Å². The van der Waals surface area contributed by atoms with E-state index in [-0.39, 0.29) is 11.5 Å². The van der Waals surface area contributed by atoms with E-state index in [1.165, 1.54) is 12.1 Å². The van der Waals surface area contributed by atoms with Crippen molar-refractivity contribution >= 4 is 5.78 Å². The minimum atomic E-state index is -4.45. The number of ketones is 1. The van der Waals surface area contributed by atoms with Crippen molar-refractivity contribution in [1.29, 1.82) is 0 Å². The molecular formula is C14H17F3O2. The number of ether oxygens (including phenoxy) is 1. The molecule has 1 aromatic rings. The molecular weight excluding hydrogens is 257 g/mol. The van der Waals surface area contributed by atoms with Gasteiger partial charge in [-0.3, -0.25) is 4.79 Å². The Morgan fingerprint density at radius 1 is 1.32 bits per heavy atom. The molecule has 0 fully saturated rings. The van der Waals surface area contributed by atoms with Crippen LogP contribution in [0.1, 0.15) is 36.7 Å². The molecule has 0 aliphatic carbocycles. The first-order valence-electron chi connectivity index (χ1n) is 6.10. The lowest BCUT2D eigenvalue weighted by atomic mass is 9.96. The van der Waals surface area contributed by atoms with Gasteiger partial charge in [-0.1, -0.05) is 26.0 Å². The van der Waals surface area contributed by atoms with Crippen LogP contribution in [-0.2, 0) is 10.9 Å². The fraction of sp³-hybridized carbons (Fsp3) is 0.500. The second-order valence-corrected chi connectivity index (χ2v) is 4.56. The lowest BCUT2D eigenvalue weighted by Crippen LogP contribution is -2.30. The Balaban J connectivity index is 3.05. The van der Waals surface area contributed by atoms with Crippen molar-refractivity contribution in [2.75, 3.05) is 6.61 Å². The predicted molar refractivity (Wildman–Crippen MR) is 66.0 cm³/mol. The van der Waals surface area contributed by atoms with Crippen LogP contribution >= 0.6 is 0 Å². The van der Waals surface area contributed by atoms with Crippen LogP contribution in [0.25, 0.3) is 0 Å². The largest absolute Gasteiger partial charge is 0.416 e. The molecule has 1 unspecified atom stereocenters. The Labute approximate surface area is 110 Å². The number of alkyl halides is 3. The van der Waals surface area contributed by atoms with Gasteiger partial charge in [-0.2, -0.15) is 13.2 Å². The topological polar surface area (TPSA) is 26.3 Å². The first-order valence-corrected chi connectivity index (χ1v) is 6.10. The van der Waals surface area contributed by atoms with Crippen LogP contribution in [0.2, 0.25) is 0 Å². The van der Waals surface area contributed by atoms with Crippen LogP contribution in [0, 0.1) is 5.92 Å². The minimum absolute atomic E-state index is 0.0296. The van der Waals surface area contributed by atoms with Crippen LogP contribution < -0.4 is 0 Å². The van der Waals surface area contributed by atoms with E-state index < -0.39 is 23.6 Å². The summed E-state index contributed by atoms with van der Waals surface area (Å²) in [4.78, 5) is 12.2. The molecule has 0 bridgehead atoms. The Kier molecular flexibility index (Phi) is 5.11. The molecule has 2 nitrogen and oxygen atoms in total. The fourth-order valence-corrected chi connectivity index (χ4v) is 1.76. The maximum atomic E-state index is 12.6. The quantitative estimate of drug-likeness (QED) is 0.760. The van der Waals surface area contributed by atoms with Crippen LogP contribution in [0.15, 0.2) is 24.3 Å². The van der Waals surface area contributed by atoms with Crippen LogP contribution in [0.4, 0.5) is 13.2 Å². The monoisotopic (exact) mass is 274 g/mol. The van der Waals surface area contributed by atoms with E-state index in [1.807, 2.05) is 0 Å². The molecule has 106 valence electrons. The summed E-state index contributed by atoms with van der Waals surface area (Å²) in [5, 5.41) is 0. The Hall–Kier alpha value is -1.36. The SMILES string of the molecule is CCOC(C(=O)c1cccc(C(F)(F)F)c1)C(C)C. The number of rotatable bonds is 5. The van der Waals surface area contributed by atoms with Crippen LogP contribution in [0.3, 0.4) is 0 Å². The molecule has 0 heterocycles. The van der Waals surface area contributed by atoms with Gasteiger partial charge in [-0.15, -0.1) is 0 Å². The average molecular weight is 274 g/mol. The summed E-state index contributed by atoms with van der Waals surface area (Å²) in [6.45, 7) is 5.68. The molecule has 0 aliphatic rings. The third-order valence-corrected chi connectivity index (χ3v) is 2.68. The van der Waals surface area contributed by atoms with E-state index in [9.17, 15) is 18.0 Å². The molecule has 0 N–H and O–H groups in total. The number of carbonyl (C=O) groups is 1. The van der Waals surface area contributed by atoms with Gasteiger partial charge in [0.25, 0.3) is 0 Å². The lowest BCUT2D eigenvalue weighted by Gasteiger charge is -2.20. The van der Waals surface area contributed by atoms with E-state index in [4.69, 9.17) is 4.74 Å².